The topological polar surface area (TPSA) is 29.3 Å². The number of nitrogens with zero attached hydrogens (tertiary/aromatic N) is 1. The standard InChI is InChI=1S/C17H22N2S/c1-3-14-7-8-17(20-14)12(2)19-10-9-13-5-4-6-16(18)15(13)11-19/h4-8,12H,3,9-11,18H2,1-2H3. The second kappa shape index (κ2) is 5.58. The Morgan fingerprint density at radius 1 is 1.30 bits per heavy atom. The van der Waals surface area contributed by atoms with E-state index in [-0.39, 0.29) is 0 Å². The minimum atomic E-state index is 0.480. The molecule has 1 unspecified atom stereocenters. The molecule has 3 heteroatoms. The van der Waals surface area contributed by atoms with Crippen molar-refractivity contribution in [1.82, 2.24) is 4.90 Å². The molecule has 0 saturated heterocycles. The summed E-state index contributed by atoms with van der Waals surface area (Å²) in [6.45, 7) is 6.63. The minimum Gasteiger partial charge on any atom is -0.398 e. The highest BCUT2D eigenvalue weighted by Crippen LogP contribution is 2.33. The summed E-state index contributed by atoms with van der Waals surface area (Å²) in [5.74, 6) is 0. The highest BCUT2D eigenvalue weighted by atomic mass is 32.1. The fourth-order valence-corrected chi connectivity index (χ4v) is 3.99. The molecule has 2 nitrogen and oxygen atoms in total. The summed E-state index contributed by atoms with van der Waals surface area (Å²) >= 11 is 1.95. The Balaban J connectivity index is 1.81. The highest BCUT2D eigenvalue weighted by molar-refractivity contribution is 7.12. The molecule has 0 fully saturated rings. The number of anilines is 1. The second-order valence-corrected chi connectivity index (χ2v) is 6.74. The van der Waals surface area contributed by atoms with Gasteiger partial charge < -0.3 is 5.73 Å². The van der Waals surface area contributed by atoms with Crippen LogP contribution in [0.5, 0.6) is 0 Å². The van der Waals surface area contributed by atoms with Crippen molar-refractivity contribution in [1.29, 1.82) is 0 Å². The van der Waals surface area contributed by atoms with Crippen LogP contribution in [0.15, 0.2) is 30.3 Å². The third-order valence-corrected chi connectivity index (χ3v) is 5.73. The summed E-state index contributed by atoms with van der Waals surface area (Å²) in [5.41, 5.74) is 9.84. The zero-order valence-electron chi connectivity index (χ0n) is 12.2. The lowest BCUT2D eigenvalue weighted by molar-refractivity contribution is 0.195. The number of thiophene rings is 1. The van der Waals surface area contributed by atoms with E-state index >= 15 is 0 Å². The van der Waals surface area contributed by atoms with Gasteiger partial charge in [0.1, 0.15) is 0 Å². The molecule has 0 bridgehead atoms. The third-order valence-electron chi connectivity index (χ3n) is 4.33. The third kappa shape index (κ3) is 2.48. The van der Waals surface area contributed by atoms with Crippen LogP contribution in [-0.4, -0.2) is 11.4 Å². The van der Waals surface area contributed by atoms with E-state index in [1.807, 2.05) is 17.4 Å². The van der Waals surface area contributed by atoms with Crippen molar-refractivity contribution < 1.29 is 0 Å². The zero-order valence-corrected chi connectivity index (χ0v) is 13.0. The largest absolute Gasteiger partial charge is 0.398 e. The minimum absolute atomic E-state index is 0.480. The van der Waals surface area contributed by atoms with Crippen molar-refractivity contribution in [2.75, 3.05) is 12.3 Å². The fraction of sp³-hybridized carbons (Fsp3) is 0.412. The van der Waals surface area contributed by atoms with Crippen molar-refractivity contribution in [2.24, 2.45) is 0 Å². The summed E-state index contributed by atoms with van der Waals surface area (Å²) in [6, 6.07) is 11.3. The molecule has 1 aliphatic heterocycles. The molecule has 1 aromatic heterocycles. The molecule has 0 spiro atoms. The van der Waals surface area contributed by atoms with Crippen LogP contribution in [0.4, 0.5) is 5.69 Å². The molecule has 20 heavy (non-hydrogen) atoms. The predicted molar refractivity (Wildman–Crippen MR) is 87.1 cm³/mol. The first kappa shape index (κ1) is 13.7. The SMILES string of the molecule is CCc1ccc(C(C)N2CCc3cccc(N)c3C2)s1. The van der Waals surface area contributed by atoms with Crippen molar-refractivity contribution in [2.45, 2.75) is 39.3 Å². The van der Waals surface area contributed by atoms with E-state index in [0.717, 1.165) is 31.6 Å². The predicted octanol–water partition coefficient (Wildman–Crippen LogP) is 4.01. The van der Waals surface area contributed by atoms with Gasteiger partial charge in [0.15, 0.2) is 0 Å². The monoisotopic (exact) mass is 286 g/mol. The Morgan fingerprint density at radius 2 is 2.15 bits per heavy atom. The van der Waals surface area contributed by atoms with Crippen LogP contribution in [0.1, 0.15) is 40.8 Å². The van der Waals surface area contributed by atoms with Gasteiger partial charge in [0, 0.05) is 34.6 Å². The summed E-state index contributed by atoms with van der Waals surface area (Å²) in [6.07, 6.45) is 2.24. The average Bonchev–Trinajstić information content (AvgIpc) is 2.95. The molecule has 106 valence electrons. The van der Waals surface area contributed by atoms with Crippen LogP contribution in [0.2, 0.25) is 0 Å². The van der Waals surface area contributed by atoms with Crippen LogP contribution in [-0.2, 0) is 19.4 Å². The van der Waals surface area contributed by atoms with Crippen LogP contribution >= 0.6 is 11.3 Å². The quantitative estimate of drug-likeness (QED) is 0.864. The van der Waals surface area contributed by atoms with E-state index < -0.39 is 0 Å². The summed E-state index contributed by atoms with van der Waals surface area (Å²) in [4.78, 5) is 5.49. The van der Waals surface area contributed by atoms with Gasteiger partial charge in [-0.15, -0.1) is 11.3 Å². The number of nitrogen functional groups attached to an aromatic ring is 1. The smallest absolute Gasteiger partial charge is 0.0417 e. The summed E-state index contributed by atoms with van der Waals surface area (Å²) < 4.78 is 0. The first-order valence-electron chi connectivity index (χ1n) is 7.38. The lowest BCUT2D eigenvalue weighted by Crippen LogP contribution is -2.33. The normalized spacial score (nSPS) is 16.9. The first-order valence-corrected chi connectivity index (χ1v) is 8.19. The van der Waals surface area contributed by atoms with Gasteiger partial charge >= 0.3 is 0 Å². The molecule has 2 aromatic rings. The Bertz CT molecular complexity index is 603. The van der Waals surface area contributed by atoms with Crippen molar-refractivity contribution in [3.8, 4) is 0 Å². The van der Waals surface area contributed by atoms with Crippen LogP contribution in [0.3, 0.4) is 0 Å². The number of hydrogen-bond donors (Lipinski definition) is 1. The van der Waals surface area contributed by atoms with Crippen LogP contribution in [0, 0.1) is 0 Å². The zero-order chi connectivity index (χ0) is 14.1. The Kier molecular flexibility index (Phi) is 3.81. The maximum atomic E-state index is 6.14. The van der Waals surface area contributed by atoms with Gasteiger partial charge in [-0.2, -0.15) is 0 Å². The molecule has 0 amide bonds. The average molecular weight is 286 g/mol. The fourth-order valence-electron chi connectivity index (χ4n) is 2.95. The number of benzene rings is 1. The van der Waals surface area contributed by atoms with Gasteiger partial charge in [-0.3, -0.25) is 4.90 Å². The van der Waals surface area contributed by atoms with Crippen LogP contribution in [0.25, 0.3) is 0 Å². The number of fused-ring (bicyclic) bond motifs is 1. The molecule has 2 N–H and O–H groups in total. The second-order valence-electron chi connectivity index (χ2n) is 5.54. The van der Waals surface area contributed by atoms with Gasteiger partial charge in [-0.1, -0.05) is 19.1 Å². The molecule has 0 saturated carbocycles. The van der Waals surface area contributed by atoms with E-state index in [9.17, 15) is 0 Å². The Morgan fingerprint density at radius 3 is 2.90 bits per heavy atom. The van der Waals surface area contributed by atoms with Crippen molar-refractivity contribution in [3.63, 3.8) is 0 Å². The van der Waals surface area contributed by atoms with Gasteiger partial charge in [-0.05, 0) is 49.1 Å². The van der Waals surface area contributed by atoms with Gasteiger partial charge in [0.05, 0.1) is 0 Å². The number of nitrogens with two attached hydrogens (primary N) is 1. The maximum Gasteiger partial charge on any atom is 0.0417 e. The number of hydrogen-bond acceptors (Lipinski definition) is 3. The molecule has 1 atom stereocenters. The molecule has 3 rings (SSSR count). The molecular weight excluding hydrogens is 264 g/mol. The van der Waals surface area contributed by atoms with E-state index in [2.05, 4.69) is 43.0 Å². The first-order chi connectivity index (χ1) is 9.69. The molecular formula is C17H22N2S. The van der Waals surface area contributed by atoms with E-state index in [4.69, 9.17) is 5.73 Å². The van der Waals surface area contributed by atoms with Gasteiger partial charge in [0.2, 0.25) is 0 Å². The van der Waals surface area contributed by atoms with E-state index in [0.29, 0.717) is 6.04 Å². The summed E-state index contributed by atoms with van der Waals surface area (Å²) in [7, 11) is 0. The molecule has 0 aliphatic carbocycles. The van der Waals surface area contributed by atoms with E-state index in [1.54, 1.807) is 0 Å². The number of aryl methyl sites for hydroxylation is 1. The maximum absolute atomic E-state index is 6.14. The Hall–Kier alpha value is -1.32. The van der Waals surface area contributed by atoms with Crippen LogP contribution < -0.4 is 5.73 Å². The number of rotatable bonds is 3. The lowest BCUT2D eigenvalue weighted by Gasteiger charge is -2.33. The summed E-state index contributed by atoms with van der Waals surface area (Å²) in [5, 5.41) is 0. The highest BCUT2D eigenvalue weighted by Gasteiger charge is 2.23. The lowest BCUT2D eigenvalue weighted by atomic mass is 9.97. The molecule has 2 heterocycles. The van der Waals surface area contributed by atoms with Gasteiger partial charge in [-0.25, -0.2) is 0 Å². The van der Waals surface area contributed by atoms with Crippen molar-refractivity contribution >= 4 is 17.0 Å². The molecule has 1 aromatic carbocycles. The van der Waals surface area contributed by atoms with E-state index in [1.165, 1.54) is 20.9 Å². The van der Waals surface area contributed by atoms with Gasteiger partial charge in [0.25, 0.3) is 0 Å². The molecule has 0 radical (unpaired) electrons. The van der Waals surface area contributed by atoms with Crippen molar-refractivity contribution in [3.05, 3.63) is 51.2 Å². The molecule has 1 aliphatic rings. The Labute approximate surface area is 125 Å².